The molecule has 0 aromatic rings. The highest BCUT2D eigenvalue weighted by atomic mass is 31.2. The predicted octanol–water partition coefficient (Wildman–Crippen LogP) is 0.439. The molecule has 0 radical (unpaired) electrons. The first-order valence-corrected chi connectivity index (χ1v) is 4.25. The Bertz CT molecular complexity index is 140. The van der Waals surface area contributed by atoms with Crippen LogP contribution in [0.25, 0.3) is 0 Å². The molecule has 0 aromatic carbocycles. The number of nitrogens with two attached hydrogens (primary N) is 1. The molecule has 0 bridgehead atoms. The Morgan fingerprint density at radius 3 is 1.80 bits per heavy atom. The monoisotopic (exact) mass is 165 g/mol. The molecule has 0 aliphatic rings. The molecule has 0 saturated heterocycles. The van der Waals surface area contributed by atoms with E-state index in [0.717, 1.165) is 0 Å². The lowest BCUT2D eigenvalue weighted by Crippen LogP contribution is -1.78. The van der Waals surface area contributed by atoms with Crippen molar-refractivity contribution in [2.75, 3.05) is 6.16 Å². The van der Waals surface area contributed by atoms with Gasteiger partial charge in [0.15, 0.2) is 0 Å². The number of allylic oxidation sites excluding steroid dienone is 1. The van der Waals surface area contributed by atoms with Crippen molar-refractivity contribution >= 4 is 7.60 Å². The van der Waals surface area contributed by atoms with Gasteiger partial charge in [-0.1, -0.05) is 12.7 Å². The van der Waals surface area contributed by atoms with Crippen molar-refractivity contribution in [1.29, 1.82) is 0 Å². The summed E-state index contributed by atoms with van der Waals surface area (Å²) in [5, 5.41) is 0. The summed E-state index contributed by atoms with van der Waals surface area (Å²) in [4.78, 5) is 16.1. The van der Waals surface area contributed by atoms with Gasteiger partial charge in [0.1, 0.15) is 0 Å². The Kier molecular flexibility index (Phi) is 7.95. The molecule has 0 fully saturated rings. The summed E-state index contributed by atoms with van der Waals surface area (Å²) in [5.74, 6) is 0. The first-order valence-electron chi connectivity index (χ1n) is 2.46. The second kappa shape index (κ2) is 6.55. The molecule has 0 aliphatic heterocycles. The van der Waals surface area contributed by atoms with Gasteiger partial charge in [-0.25, -0.2) is 0 Å². The summed E-state index contributed by atoms with van der Waals surface area (Å²) >= 11 is 0. The molecule has 5 heteroatoms. The highest BCUT2D eigenvalue weighted by molar-refractivity contribution is 7.51. The molecule has 0 heterocycles. The van der Waals surface area contributed by atoms with Gasteiger partial charge < -0.3 is 15.5 Å². The summed E-state index contributed by atoms with van der Waals surface area (Å²) in [7, 11) is -3.78. The maximum atomic E-state index is 9.85. The van der Waals surface area contributed by atoms with Crippen LogP contribution in [0.1, 0.15) is 0 Å². The van der Waals surface area contributed by atoms with Crippen LogP contribution in [0, 0.1) is 0 Å². The minimum Gasteiger partial charge on any atom is -0.405 e. The van der Waals surface area contributed by atoms with Crippen molar-refractivity contribution in [3.05, 3.63) is 25.4 Å². The van der Waals surface area contributed by atoms with Gasteiger partial charge in [0, 0.05) is 0 Å². The SMILES string of the molecule is C=CCP(=O)(O)O.C=CN. The van der Waals surface area contributed by atoms with Gasteiger partial charge in [-0.3, -0.25) is 4.57 Å². The van der Waals surface area contributed by atoms with Crippen molar-refractivity contribution in [2.45, 2.75) is 0 Å². The van der Waals surface area contributed by atoms with E-state index in [0.29, 0.717) is 0 Å². The van der Waals surface area contributed by atoms with E-state index in [-0.39, 0.29) is 6.16 Å². The summed E-state index contributed by atoms with van der Waals surface area (Å²) in [5.41, 5.74) is 4.61. The zero-order valence-corrected chi connectivity index (χ0v) is 6.50. The van der Waals surface area contributed by atoms with Crippen LogP contribution in [-0.2, 0) is 4.57 Å². The van der Waals surface area contributed by atoms with E-state index in [9.17, 15) is 4.57 Å². The molecule has 4 N–H and O–H groups in total. The quantitative estimate of drug-likeness (QED) is 0.409. The Morgan fingerprint density at radius 2 is 1.80 bits per heavy atom. The van der Waals surface area contributed by atoms with Crippen molar-refractivity contribution in [3.8, 4) is 0 Å². The summed E-state index contributed by atoms with van der Waals surface area (Å²) in [6, 6.07) is 0. The second-order valence-electron chi connectivity index (χ2n) is 1.37. The van der Waals surface area contributed by atoms with Gasteiger partial charge in [-0.2, -0.15) is 0 Å². The number of hydrogen-bond acceptors (Lipinski definition) is 2. The Hall–Kier alpha value is -0.570. The molecular weight excluding hydrogens is 153 g/mol. The third-order valence-electron chi connectivity index (χ3n) is 0.367. The fourth-order valence-electron chi connectivity index (χ4n) is 0.168. The largest absolute Gasteiger partial charge is 0.405 e. The molecule has 0 aromatic heterocycles. The van der Waals surface area contributed by atoms with Gasteiger partial charge in [0.05, 0.1) is 6.16 Å². The van der Waals surface area contributed by atoms with Crippen LogP contribution >= 0.6 is 7.60 Å². The molecule has 0 amide bonds. The maximum Gasteiger partial charge on any atom is 0.329 e. The van der Waals surface area contributed by atoms with Crippen LogP contribution < -0.4 is 5.73 Å². The number of hydrogen-bond donors (Lipinski definition) is 3. The maximum absolute atomic E-state index is 9.85. The van der Waals surface area contributed by atoms with Gasteiger partial charge in [-0.05, 0) is 6.20 Å². The van der Waals surface area contributed by atoms with Crippen LogP contribution in [-0.4, -0.2) is 15.9 Å². The fraction of sp³-hybridized carbons (Fsp3) is 0.200. The summed E-state index contributed by atoms with van der Waals surface area (Å²) in [6.45, 7) is 6.29. The second-order valence-corrected chi connectivity index (χ2v) is 3.07. The number of rotatable bonds is 2. The first-order chi connectivity index (χ1) is 4.47. The van der Waals surface area contributed by atoms with Gasteiger partial charge in [0.25, 0.3) is 0 Å². The average Bonchev–Trinajstić information content (AvgIpc) is 1.63. The Balaban J connectivity index is 0. The van der Waals surface area contributed by atoms with E-state index in [1.54, 1.807) is 0 Å². The van der Waals surface area contributed by atoms with Gasteiger partial charge in [0.2, 0.25) is 0 Å². The molecule has 0 unspecified atom stereocenters. The predicted molar refractivity (Wildman–Crippen MR) is 41.5 cm³/mol. The minimum atomic E-state index is -3.78. The molecule has 0 aliphatic carbocycles. The van der Waals surface area contributed by atoms with E-state index in [2.05, 4.69) is 18.9 Å². The normalized spacial score (nSPS) is 9.00. The standard InChI is InChI=1S/C3H7O3P.C2H5N/c1-2-3-7(4,5)6;1-2-3/h2H,1,3H2,(H2,4,5,6);2H,1,3H2. The van der Waals surface area contributed by atoms with Crippen molar-refractivity contribution < 1.29 is 14.4 Å². The first kappa shape index (κ1) is 12.1. The lowest BCUT2D eigenvalue weighted by molar-refractivity contribution is 0.377. The van der Waals surface area contributed by atoms with E-state index >= 15 is 0 Å². The molecule has 0 spiro atoms. The molecule has 0 atom stereocenters. The zero-order chi connectivity index (χ0) is 8.62. The van der Waals surface area contributed by atoms with Crippen molar-refractivity contribution in [2.24, 2.45) is 5.73 Å². The minimum absolute atomic E-state index is 0.229. The van der Waals surface area contributed by atoms with E-state index in [4.69, 9.17) is 9.79 Å². The van der Waals surface area contributed by atoms with Crippen LogP contribution in [0.3, 0.4) is 0 Å². The van der Waals surface area contributed by atoms with E-state index < -0.39 is 7.60 Å². The van der Waals surface area contributed by atoms with Crippen LogP contribution in [0.4, 0.5) is 0 Å². The highest BCUT2D eigenvalue weighted by Gasteiger charge is 2.06. The third-order valence-corrected chi connectivity index (χ3v) is 1.10. The topological polar surface area (TPSA) is 83.5 Å². The Morgan fingerprint density at radius 1 is 1.50 bits per heavy atom. The molecule has 0 saturated carbocycles. The highest BCUT2D eigenvalue weighted by Crippen LogP contribution is 2.33. The van der Waals surface area contributed by atoms with Crippen LogP contribution in [0.15, 0.2) is 25.4 Å². The lowest BCUT2D eigenvalue weighted by atomic mass is 10.8. The zero-order valence-electron chi connectivity index (χ0n) is 5.60. The third kappa shape index (κ3) is 26.1. The summed E-state index contributed by atoms with van der Waals surface area (Å²) < 4.78 is 9.85. The molecule has 60 valence electrons. The smallest absolute Gasteiger partial charge is 0.329 e. The molecule has 4 nitrogen and oxygen atoms in total. The Labute approximate surface area is 60.2 Å². The average molecular weight is 165 g/mol. The van der Waals surface area contributed by atoms with Crippen LogP contribution in [0.2, 0.25) is 0 Å². The fourth-order valence-corrected chi connectivity index (χ4v) is 0.505. The molecule has 10 heavy (non-hydrogen) atoms. The van der Waals surface area contributed by atoms with Crippen molar-refractivity contribution in [3.63, 3.8) is 0 Å². The van der Waals surface area contributed by atoms with Gasteiger partial charge in [-0.15, -0.1) is 6.58 Å². The van der Waals surface area contributed by atoms with E-state index in [1.165, 1.54) is 12.3 Å². The lowest BCUT2D eigenvalue weighted by Gasteiger charge is -1.94. The van der Waals surface area contributed by atoms with E-state index in [1.807, 2.05) is 0 Å². The van der Waals surface area contributed by atoms with Crippen LogP contribution in [0.5, 0.6) is 0 Å². The summed E-state index contributed by atoms with van der Waals surface area (Å²) in [6.07, 6.45) is 2.22. The molecule has 0 rings (SSSR count). The van der Waals surface area contributed by atoms with Crippen molar-refractivity contribution in [1.82, 2.24) is 0 Å². The van der Waals surface area contributed by atoms with Gasteiger partial charge >= 0.3 is 7.60 Å². The molecular formula is C5H12NO3P.